The van der Waals surface area contributed by atoms with Gasteiger partial charge in [-0.1, -0.05) is 13.8 Å². The largest absolute Gasteiger partial charge is 0.480 e. The number of methoxy groups -OCH3 is 1. The van der Waals surface area contributed by atoms with Gasteiger partial charge in [-0.2, -0.15) is 0 Å². The molecule has 0 amide bonds. The van der Waals surface area contributed by atoms with E-state index in [4.69, 9.17) is 9.84 Å². The van der Waals surface area contributed by atoms with E-state index in [9.17, 15) is 4.79 Å². The van der Waals surface area contributed by atoms with Gasteiger partial charge < -0.3 is 9.84 Å². The highest BCUT2D eigenvalue weighted by atomic mass is 16.5. The molecule has 0 bridgehead atoms. The molecule has 0 aliphatic rings. The first kappa shape index (κ1) is 15.4. The lowest BCUT2D eigenvalue weighted by molar-refractivity contribution is -0.141. The Bertz CT molecular complexity index is 221. The van der Waals surface area contributed by atoms with Crippen molar-refractivity contribution < 1.29 is 14.6 Å². The van der Waals surface area contributed by atoms with Gasteiger partial charge in [-0.25, -0.2) is 0 Å². The lowest BCUT2D eigenvalue weighted by Crippen LogP contribution is -2.54. The number of hydrogen-bond acceptors (Lipinski definition) is 3. The van der Waals surface area contributed by atoms with Crippen LogP contribution in [-0.2, 0) is 9.53 Å². The summed E-state index contributed by atoms with van der Waals surface area (Å²) in [6.07, 6.45) is 0. The predicted molar refractivity (Wildman–Crippen MR) is 64.6 cm³/mol. The number of aliphatic carboxylic acids is 1. The molecule has 0 aliphatic heterocycles. The summed E-state index contributed by atoms with van der Waals surface area (Å²) < 4.78 is 5.19. The number of carboxylic acids is 1. The van der Waals surface area contributed by atoms with E-state index in [1.807, 2.05) is 25.7 Å². The standard InChI is InChI=1S/C12H25NO3/c1-9(2)10(8-16-6)13(7-11(14)15)12(3,4)5/h9-10H,7-8H2,1-6H3,(H,14,15). The predicted octanol–water partition coefficient (Wildman–Crippen LogP) is 1.84. The Balaban J connectivity index is 4.88. The van der Waals surface area contributed by atoms with Crippen LogP contribution < -0.4 is 0 Å². The number of carbonyl (C=O) groups is 1. The number of rotatable bonds is 6. The van der Waals surface area contributed by atoms with Crippen molar-refractivity contribution in [3.8, 4) is 0 Å². The zero-order valence-electron chi connectivity index (χ0n) is 11.3. The van der Waals surface area contributed by atoms with E-state index in [1.165, 1.54) is 0 Å². The lowest BCUT2D eigenvalue weighted by Gasteiger charge is -2.42. The molecule has 0 radical (unpaired) electrons. The summed E-state index contributed by atoms with van der Waals surface area (Å²) in [5, 5.41) is 8.96. The van der Waals surface area contributed by atoms with Crippen molar-refractivity contribution >= 4 is 5.97 Å². The SMILES string of the molecule is COCC(C(C)C)N(CC(=O)O)C(C)(C)C. The molecule has 0 aromatic carbocycles. The maximum Gasteiger partial charge on any atom is 0.317 e. The fourth-order valence-electron chi connectivity index (χ4n) is 1.81. The average Bonchev–Trinajstić information content (AvgIpc) is 2.08. The monoisotopic (exact) mass is 231 g/mol. The summed E-state index contributed by atoms with van der Waals surface area (Å²) in [7, 11) is 1.65. The summed E-state index contributed by atoms with van der Waals surface area (Å²) >= 11 is 0. The van der Waals surface area contributed by atoms with Gasteiger partial charge in [0.1, 0.15) is 0 Å². The molecule has 0 saturated carbocycles. The summed E-state index contributed by atoms with van der Waals surface area (Å²) in [5.74, 6) is -0.435. The van der Waals surface area contributed by atoms with Crippen molar-refractivity contribution in [3.63, 3.8) is 0 Å². The van der Waals surface area contributed by atoms with E-state index in [0.717, 1.165) is 0 Å². The van der Waals surface area contributed by atoms with Gasteiger partial charge in [0.05, 0.1) is 13.2 Å². The van der Waals surface area contributed by atoms with Gasteiger partial charge in [-0.15, -0.1) is 0 Å². The quantitative estimate of drug-likeness (QED) is 0.758. The maximum atomic E-state index is 10.9. The van der Waals surface area contributed by atoms with E-state index in [1.54, 1.807) is 7.11 Å². The van der Waals surface area contributed by atoms with Gasteiger partial charge in [0, 0.05) is 18.7 Å². The van der Waals surface area contributed by atoms with Gasteiger partial charge in [-0.05, 0) is 26.7 Å². The highest BCUT2D eigenvalue weighted by Gasteiger charge is 2.32. The first-order chi connectivity index (χ1) is 7.20. The molecule has 16 heavy (non-hydrogen) atoms. The van der Waals surface area contributed by atoms with Crippen molar-refractivity contribution in [1.29, 1.82) is 0 Å². The molecule has 1 atom stereocenters. The van der Waals surface area contributed by atoms with Gasteiger partial charge in [0.2, 0.25) is 0 Å². The van der Waals surface area contributed by atoms with Gasteiger partial charge in [-0.3, -0.25) is 9.69 Å². The summed E-state index contributed by atoms with van der Waals surface area (Å²) in [5.41, 5.74) is -0.175. The number of nitrogens with zero attached hydrogens (tertiary/aromatic N) is 1. The van der Waals surface area contributed by atoms with Crippen LogP contribution in [0.1, 0.15) is 34.6 Å². The van der Waals surface area contributed by atoms with Crippen LogP contribution in [0.15, 0.2) is 0 Å². The third-order valence-electron chi connectivity index (χ3n) is 2.67. The van der Waals surface area contributed by atoms with Crippen LogP contribution in [0.5, 0.6) is 0 Å². The molecule has 0 saturated heterocycles. The summed E-state index contributed by atoms with van der Waals surface area (Å²) in [6, 6.07) is 0.126. The lowest BCUT2D eigenvalue weighted by atomic mass is 9.96. The van der Waals surface area contributed by atoms with Crippen molar-refractivity contribution in [2.75, 3.05) is 20.3 Å². The van der Waals surface area contributed by atoms with Gasteiger partial charge >= 0.3 is 5.97 Å². The normalized spacial score (nSPS) is 14.5. The molecule has 0 aliphatic carbocycles. The van der Waals surface area contributed by atoms with Crippen LogP contribution >= 0.6 is 0 Å². The molecular weight excluding hydrogens is 206 g/mol. The van der Waals surface area contributed by atoms with E-state index >= 15 is 0 Å². The topological polar surface area (TPSA) is 49.8 Å². The van der Waals surface area contributed by atoms with Crippen LogP contribution in [0, 0.1) is 5.92 Å². The molecule has 4 nitrogen and oxygen atoms in total. The van der Waals surface area contributed by atoms with E-state index in [0.29, 0.717) is 12.5 Å². The minimum Gasteiger partial charge on any atom is -0.480 e. The molecule has 0 spiro atoms. The fourth-order valence-corrected chi connectivity index (χ4v) is 1.81. The first-order valence-electron chi connectivity index (χ1n) is 5.67. The van der Waals surface area contributed by atoms with E-state index < -0.39 is 5.97 Å². The van der Waals surface area contributed by atoms with Crippen LogP contribution in [0.2, 0.25) is 0 Å². The Morgan fingerprint density at radius 2 is 1.88 bits per heavy atom. The highest BCUT2D eigenvalue weighted by Crippen LogP contribution is 2.21. The fraction of sp³-hybridized carbons (Fsp3) is 0.917. The zero-order chi connectivity index (χ0) is 12.9. The second-order valence-electron chi connectivity index (χ2n) is 5.46. The number of ether oxygens (including phenoxy) is 1. The Morgan fingerprint density at radius 3 is 2.12 bits per heavy atom. The maximum absolute atomic E-state index is 10.9. The van der Waals surface area contributed by atoms with E-state index in [-0.39, 0.29) is 18.1 Å². The van der Waals surface area contributed by atoms with Crippen molar-refractivity contribution in [2.45, 2.75) is 46.2 Å². The van der Waals surface area contributed by atoms with Gasteiger partial charge in [0.15, 0.2) is 0 Å². The third-order valence-corrected chi connectivity index (χ3v) is 2.67. The van der Waals surface area contributed by atoms with Crippen molar-refractivity contribution in [3.05, 3.63) is 0 Å². The molecule has 1 unspecified atom stereocenters. The second-order valence-corrected chi connectivity index (χ2v) is 5.46. The highest BCUT2D eigenvalue weighted by molar-refractivity contribution is 5.69. The molecule has 0 rings (SSSR count). The first-order valence-corrected chi connectivity index (χ1v) is 5.67. The smallest absolute Gasteiger partial charge is 0.317 e. The zero-order valence-corrected chi connectivity index (χ0v) is 11.3. The second kappa shape index (κ2) is 6.21. The Morgan fingerprint density at radius 1 is 1.38 bits per heavy atom. The van der Waals surface area contributed by atoms with Crippen LogP contribution in [-0.4, -0.2) is 47.8 Å². The summed E-state index contributed by atoms with van der Waals surface area (Å²) in [4.78, 5) is 12.9. The number of carboxylic acid groups (broad SMARTS) is 1. The molecule has 4 heteroatoms. The van der Waals surface area contributed by atoms with E-state index in [2.05, 4.69) is 13.8 Å². The molecule has 96 valence electrons. The average molecular weight is 231 g/mol. The number of hydrogen-bond donors (Lipinski definition) is 1. The van der Waals surface area contributed by atoms with Crippen LogP contribution in [0.25, 0.3) is 0 Å². The molecule has 0 heterocycles. The molecule has 0 aromatic rings. The Hall–Kier alpha value is -0.610. The minimum absolute atomic E-state index is 0.0513. The Kier molecular flexibility index (Phi) is 5.97. The van der Waals surface area contributed by atoms with Crippen molar-refractivity contribution in [2.24, 2.45) is 5.92 Å². The molecular formula is C12H25NO3. The van der Waals surface area contributed by atoms with Crippen LogP contribution in [0.3, 0.4) is 0 Å². The van der Waals surface area contributed by atoms with Crippen LogP contribution in [0.4, 0.5) is 0 Å². The van der Waals surface area contributed by atoms with Crippen molar-refractivity contribution in [1.82, 2.24) is 4.90 Å². The third kappa shape index (κ3) is 4.94. The molecule has 0 aromatic heterocycles. The van der Waals surface area contributed by atoms with Gasteiger partial charge in [0.25, 0.3) is 0 Å². The molecule has 0 fully saturated rings. The minimum atomic E-state index is -0.795. The summed E-state index contributed by atoms with van der Waals surface area (Å²) in [6.45, 7) is 10.9. The Labute approximate surface area is 98.6 Å². The molecule has 1 N–H and O–H groups in total.